The third kappa shape index (κ3) is 6.68. The van der Waals surface area contributed by atoms with Crippen LogP contribution < -0.4 is 16.0 Å². The van der Waals surface area contributed by atoms with E-state index in [0.717, 1.165) is 24.6 Å². The molecule has 0 spiro atoms. The fourth-order valence-electron chi connectivity index (χ4n) is 2.39. The van der Waals surface area contributed by atoms with Crippen molar-refractivity contribution in [3.63, 3.8) is 0 Å². The van der Waals surface area contributed by atoms with Gasteiger partial charge in [0, 0.05) is 17.1 Å². The molecule has 3 N–H and O–H groups in total. The Balaban J connectivity index is 0.00000280. The normalized spacial score (nSPS) is 10.8. The van der Waals surface area contributed by atoms with Crippen LogP contribution in [0.5, 0.6) is 0 Å². The van der Waals surface area contributed by atoms with Crippen molar-refractivity contribution in [1.82, 2.24) is 10.6 Å². The predicted octanol–water partition coefficient (Wildman–Crippen LogP) is 4.47. The highest BCUT2D eigenvalue weighted by Crippen LogP contribution is 2.12. The molecule has 6 nitrogen and oxygen atoms in total. The molecule has 1 amide bonds. The summed E-state index contributed by atoms with van der Waals surface area (Å²) in [7, 11) is 0. The van der Waals surface area contributed by atoms with E-state index >= 15 is 0 Å². The van der Waals surface area contributed by atoms with E-state index in [1.54, 1.807) is 23.5 Å². The van der Waals surface area contributed by atoms with Gasteiger partial charge >= 0.3 is 0 Å². The van der Waals surface area contributed by atoms with E-state index in [4.69, 9.17) is 4.42 Å². The van der Waals surface area contributed by atoms with E-state index in [-0.39, 0.29) is 35.6 Å². The van der Waals surface area contributed by atoms with Gasteiger partial charge in [-0.05, 0) is 48.2 Å². The molecule has 28 heavy (non-hydrogen) atoms. The van der Waals surface area contributed by atoms with E-state index in [1.807, 2.05) is 37.3 Å². The minimum Gasteiger partial charge on any atom is -0.459 e. The van der Waals surface area contributed by atoms with Crippen molar-refractivity contribution in [2.24, 2.45) is 4.99 Å². The Morgan fingerprint density at radius 2 is 1.93 bits per heavy atom. The van der Waals surface area contributed by atoms with Crippen molar-refractivity contribution in [2.75, 3.05) is 11.9 Å². The van der Waals surface area contributed by atoms with Gasteiger partial charge in [0.15, 0.2) is 11.7 Å². The summed E-state index contributed by atoms with van der Waals surface area (Å²) in [5, 5.41) is 11.4. The van der Waals surface area contributed by atoms with Gasteiger partial charge in [0.2, 0.25) is 0 Å². The van der Waals surface area contributed by atoms with Gasteiger partial charge in [0.05, 0.1) is 19.4 Å². The predicted molar refractivity (Wildman–Crippen MR) is 124 cm³/mol. The number of furan rings is 1. The first-order valence-electron chi connectivity index (χ1n) is 8.73. The molecular weight excluding hydrogens is 487 g/mol. The number of nitrogens with one attached hydrogen (secondary N) is 3. The number of halogens is 1. The Hall–Kier alpha value is -2.33. The number of rotatable bonds is 7. The SMILES string of the molecule is CCNC(=NCc1ccc(NC(=O)c2ccco2)cc1)NCc1cccs1.I. The van der Waals surface area contributed by atoms with Crippen molar-refractivity contribution >= 4 is 52.9 Å². The number of carbonyl (C=O) groups excluding carboxylic acids is 1. The summed E-state index contributed by atoms with van der Waals surface area (Å²) in [6, 6.07) is 15.1. The molecule has 0 radical (unpaired) electrons. The topological polar surface area (TPSA) is 78.7 Å². The second-order valence-corrected chi connectivity index (χ2v) is 6.79. The minimum atomic E-state index is -0.266. The molecule has 2 heterocycles. The summed E-state index contributed by atoms with van der Waals surface area (Å²) in [5.41, 5.74) is 1.77. The van der Waals surface area contributed by atoms with Gasteiger partial charge in [0.25, 0.3) is 5.91 Å². The van der Waals surface area contributed by atoms with Gasteiger partial charge in [-0.15, -0.1) is 35.3 Å². The third-order valence-electron chi connectivity index (χ3n) is 3.73. The lowest BCUT2D eigenvalue weighted by Gasteiger charge is -2.10. The van der Waals surface area contributed by atoms with Crippen LogP contribution in [0.15, 0.2) is 69.6 Å². The number of benzene rings is 1. The number of aliphatic imine (C=N–C) groups is 1. The van der Waals surface area contributed by atoms with Gasteiger partial charge in [-0.3, -0.25) is 4.79 Å². The first-order valence-corrected chi connectivity index (χ1v) is 9.61. The lowest BCUT2D eigenvalue weighted by atomic mass is 10.2. The van der Waals surface area contributed by atoms with Gasteiger partial charge in [-0.2, -0.15) is 0 Å². The summed E-state index contributed by atoms with van der Waals surface area (Å²) in [4.78, 5) is 17.8. The van der Waals surface area contributed by atoms with E-state index in [1.165, 1.54) is 11.1 Å². The average Bonchev–Trinajstić information content (AvgIpc) is 3.39. The van der Waals surface area contributed by atoms with E-state index < -0.39 is 0 Å². The first kappa shape index (κ1) is 22.0. The number of thiophene rings is 1. The highest BCUT2D eigenvalue weighted by atomic mass is 127. The lowest BCUT2D eigenvalue weighted by molar-refractivity contribution is 0.0996. The van der Waals surface area contributed by atoms with Crippen LogP contribution in [0.25, 0.3) is 0 Å². The molecule has 0 saturated heterocycles. The Bertz CT molecular complexity index is 862. The molecule has 0 aliphatic heterocycles. The summed E-state index contributed by atoms with van der Waals surface area (Å²) in [6.45, 7) is 4.14. The van der Waals surface area contributed by atoms with E-state index in [2.05, 4.69) is 32.4 Å². The molecule has 0 unspecified atom stereocenters. The van der Waals surface area contributed by atoms with Crippen LogP contribution in [0, 0.1) is 0 Å². The zero-order chi connectivity index (χ0) is 18.9. The van der Waals surface area contributed by atoms with Crippen molar-refractivity contribution in [3.05, 3.63) is 76.4 Å². The molecule has 2 aromatic heterocycles. The maximum Gasteiger partial charge on any atom is 0.291 e. The van der Waals surface area contributed by atoms with Gasteiger partial charge in [-0.25, -0.2) is 4.99 Å². The maximum atomic E-state index is 12.0. The minimum absolute atomic E-state index is 0. The average molecular weight is 510 g/mol. The molecule has 148 valence electrons. The van der Waals surface area contributed by atoms with Crippen LogP contribution >= 0.6 is 35.3 Å². The number of hydrogen-bond donors (Lipinski definition) is 3. The van der Waals surface area contributed by atoms with Crippen molar-refractivity contribution < 1.29 is 9.21 Å². The molecule has 0 atom stereocenters. The van der Waals surface area contributed by atoms with Crippen LogP contribution in [0.3, 0.4) is 0 Å². The molecule has 0 aliphatic rings. The summed E-state index contributed by atoms with van der Waals surface area (Å²) in [5.74, 6) is 0.801. The molecule has 3 aromatic rings. The Morgan fingerprint density at radius 3 is 2.57 bits per heavy atom. The van der Waals surface area contributed by atoms with Crippen LogP contribution in [-0.4, -0.2) is 18.4 Å². The standard InChI is InChI=1S/C20H22N4O2S.HI/c1-2-21-20(23-14-17-5-4-12-27-17)22-13-15-7-9-16(10-8-15)24-19(25)18-6-3-11-26-18;/h3-12H,2,13-14H2,1H3,(H,24,25)(H2,21,22,23);1H. The van der Waals surface area contributed by atoms with Gasteiger partial charge < -0.3 is 20.4 Å². The molecule has 0 saturated carbocycles. The maximum absolute atomic E-state index is 12.0. The highest BCUT2D eigenvalue weighted by molar-refractivity contribution is 14.0. The first-order chi connectivity index (χ1) is 13.2. The van der Waals surface area contributed by atoms with Crippen molar-refractivity contribution in [1.29, 1.82) is 0 Å². The number of carbonyl (C=O) groups is 1. The molecule has 1 aromatic carbocycles. The fraction of sp³-hybridized carbons (Fsp3) is 0.200. The van der Waals surface area contributed by atoms with Crippen LogP contribution in [0.1, 0.15) is 27.9 Å². The Morgan fingerprint density at radius 1 is 1.11 bits per heavy atom. The van der Waals surface area contributed by atoms with Gasteiger partial charge in [0.1, 0.15) is 0 Å². The number of hydrogen-bond acceptors (Lipinski definition) is 4. The number of nitrogens with zero attached hydrogens (tertiary/aromatic N) is 1. The van der Waals surface area contributed by atoms with E-state index in [0.29, 0.717) is 12.2 Å². The van der Waals surface area contributed by atoms with Crippen LogP contribution in [0.2, 0.25) is 0 Å². The third-order valence-corrected chi connectivity index (χ3v) is 4.61. The molecule has 3 rings (SSSR count). The molecule has 8 heteroatoms. The number of guanidine groups is 1. The Labute approximate surface area is 185 Å². The molecule has 0 fully saturated rings. The summed E-state index contributed by atoms with van der Waals surface area (Å²) < 4.78 is 5.09. The highest BCUT2D eigenvalue weighted by Gasteiger charge is 2.08. The largest absolute Gasteiger partial charge is 0.459 e. The molecular formula is C20H23IN4O2S. The van der Waals surface area contributed by atoms with Crippen molar-refractivity contribution in [2.45, 2.75) is 20.0 Å². The van der Waals surface area contributed by atoms with Crippen LogP contribution in [0.4, 0.5) is 5.69 Å². The second-order valence-electron chi connectivity index (χ2n) is 5.76. The lowest BCUT2D eigenvalue weighted by Crippen LogP contribution is -2.36. The zero-order valence-electron chi connectivity index (χ0n) is 15.5. The summed E-state index contributed by atoms with van der Waals surface area (Å²) >= 11 is 1.72. The van der Waals surface area contributed by atoms with Gasteiger partial charge in [-0.1, -0.05) is 18.2 Å². The quantitative estimate of drug-likeness (QED) is 0.249. The fourth-order valence-corrected chi connectivity index (χ4v) is 3.03. The molecule has 0 bridgehead atoms. The zero-order valence-corrected chi connectivity index (χ0v) is 18.6. The van der Waals surface area contributed by atoms with Crippen molar-refractivity contribution in [3.8, 4) is 0 Å². The number of amides is 1. The molecule has 0 aliphatic carbocycles. The monoisotopic (exact) mass is 510 g/mol. The number of anilines is 1. The summed E-state index contributed by atoms with van der Waals surface area (Å²) in [6.07, 6.45) is 1.48. The Kier molecular flexibility index (Phi) is 9.02. The van der Waals surface area contributed by atoms with Crippen LogP contribution in [-0.2, 0) is 13.1 Å². The smallest absolute Gasteiger partial charge is 0.291 e. The van der Waals surface area contributed by atoms with E-state index in [9.17, 15) is 4.79 Å². The second kappa shape index (κ2) is 11.5.